The fourth-order valence-corrected chi connectivity index (χ4v) is 3.75. The topological polar surface area (TPSA) is 36.4 Å². The molecule has 0 aliphatic carbocycles. The molecule has 3 rings (SSSR count). The predicted molar refractivity (Wildman–Crippen MR) is 115 cm³/mol. The van der Waals surface area contributed by atoms with Crippen molar-refractivity contribution >= 4 is 5.96 Å². The summed E-state index contributed by atoms with van der Waals surface area (Å²) >= 11 is 0. The summed E-state index contributed by atoms with van der Waals surface area (Å²) in [6, 6.07) is 21.7. The lowest BCUT2D eigenvalue weighted by Gasteiger charge is -2.19. The van der Waals surface area contributed by atoms with E-state index in [0.717, 1.165) is 32.0 Å². The van der Waals surface area contributed by atoms with Gasteiger partial charge in [0.1, 0.15) is 0 Å². The van der Waals surface area contributed by atoms with Crippen molar-refractivity contribution in [1.82, 2.24) is 10.6 Å². The first-order valence-corrected chi connectivity index (χ1v) is 10.6. The van der Waals surface area contributed by atoms with Crippen molar-refractivity contribution in [2.75, 3.05) is 19.6 Å². The molecule has 0 aromatic heterocycles. The SMILES string of the molecule is c1ccc(C(CCNC2=NCCCCCCCCN2)c2ccccc2)cc1. The first-order chi connectivity index (χ1) is 13.4. The molecule has 0 bridgehead atoms. The molecule has 0 saturated heterocycles. The Morgan fingerprint density at radius 1 is 0.778 bits per heavy atom. The first kappa shape index (κ1) is 19.5. The van der Waals surface area contributed by atoms with Crippen LogP contribution in [0.2, 0.25) is 0 Å². The molecule has 144 valence electrons. The minimum absolute atomic E-state index is 0.406. The molecule has 0 fully saturated rings. The summed E-state index contributed by atoms with van der Waals surface area (Å²) in [5.74, 6) is 1.39. The zero-order chi connectivity index (χ0) is 18.6. The van der Waals surface area contributed by atoms with E-state index < -0.39 is 0 Å². The Balaban J connectivity index is 1.60. The van der Waals surface area contributed by atoms with Gasteiger partial charge in [0.2, 0.25) is 0 Å². The van der Waals surface area contributed by atoms with Gasteiger partial charge in [-0.1, -0.05) is 86.3 Å². The molecular weight excluding hydrogens is 330 g/mol. The molecule has 0 amide bonds. The van der Waals surface area contributed by atoms with Gasteiger partial charge >= 0.3 is 0 Å². The molecule has 3 nitrogen and oxygen atoms in total. The maximum Gasteiger partial charge on any atom is 0.191 e. The van der Waals surface area contributed by atoms with Gasteiger partial charge in [0.05, 0.1) is 0 Å². The number of hydrogen-bond donors (Lipinski definition) is 2. The minimum Gasteiger partial charge on any atom is -0.356 e. The number of nitrogens with zero attached hydrogens (tertiary/aromatic N) is 1. The van der Waals surface area contributed by atoms with Crippen LogP contribution in [0.5, 0.6) is 0 Å². The van der Waals surface area contributed by atoms with E-state index in [1.165, 1.54) is 49.7 Å². The summed E-state index contributed by atoms with van der Waals surface area (Å²) in [4.78, 5) is 4.76. The minimum atomic E-state index is 0.406. The van der Waals surface area contributed by atoms with E-state index in [4.69, 9.17) is 4.99 Å². The molecule has 0 radical (unpaired) electrons. The van der Waals surface area contributed by atoms with Crippen LogP contribution >= 0.6 is 0 Å². The Hall–Kier alpha value is -2.29. The van der Waals surface area contributed by atoms with Gasteiger partial charge < -0.3 is 10.6 Å². The number of aliphatic imine (C=N–C) groups is 1. The lowest BCUT2D eigenvalue weighted by Crippen LogP contribution is -2.39. The molecule has 0 atom stereocenters. The molecule has 2 aromatic carbocycles. The van der Waals surface area contributed by atoms with Gasteiger partial charge in [-0.15, -0.1) is 0 Å². The zero-order valence-electron chi connectivity index (χ0n) is 16.4. The zero-order valence-corrected chi connectivity index (χ0v) is 16.4. The third-order valence-electron chi connectivity index (χ3n) is 5.28. The summed E-state index contributed by atoms with van der Waals surface area (Å²) in [5, 5.41) is 7.08. The molecule has 2 N–H and O–H groups in total. The van der Waals surface area contributed by atoms with Crippen LogP contribution in [-0.4, -0.2) is 25.6 Å². The largest absolute Gasteiger partial charge is 0.356 e. The van der Waals surface area contributed by atoms with Crippen molar-refractivity contribution < 1.29 is 0 Å². The van der Waals surface area contributed by atoms with Crippen molar-refractivity contribution in [3.05, 3.63) is 71.8 Å². The van der Waals surface area contributed by atoms with Crippen LogP contribution in [0.1, 0.15) is 62.0 Å². The second kappa shape index (κ2) is 11.4. The Kier molecular flexibility index (Phi) is 8.24. The highest BCUT2D eigenvalue weighted by molar-refractivity contribution is 5.79. The quantitative estimate of drug-likeness (QED) is 0.775. The first-order valence-electron chi connectivity index (χ1n) is 10.6. The second-order valence-electron chi connectivity index (χ2n) is 7.37. The summed E-state index contributed by atoms with van der Waals surface area (Å²) in [6.07, 6.45) is 8.83. The van der Waals surface area contributed by atoms with E-state index >= 15 is 0 Å². The highest BCUT2D eigenvalue weighted by Crippen LogP contribution is 2.27. The van der Waals surface area contributed by atoms with Gasteiger partial charge in [0.25, 0.3) is 0 Å². The molecule has 1 heterocycles. The third-order valence-corrected chi connectivity index (χ3v) is 5.28. The van der Waals surface area contributed by atoms with Crippen LogP contribution in [0.25, 0.3) is 0 Å². The van der Waals surface area contributed by atoms with E-state index in [-0.39, 0.29) is 0 Å². The molecule has 0 spiro atoms. The molecule has 1 aliphatic heterocycles. The summed E-state index contributed by atoms with van der Waals surface area (Å²) < 4.78 is 0. The van der Waals surface area contributed by atoms with Crippen molar-refractivity contribution in [3.63, 3.8) is 0 Å². The molecule has 1 aliphatic rings. The molecule has 3 heteroatoms. The van der Waals surface area contributed by atoms with Gasteiger partial charge in [0, 0.05) is 25.6 Å². The fourth-order valence-electron chi connectivity index (χ4n) is 3.75. The number of nitrogens with one attached hydrogen (secondary N) is 2. The monoisotopic (exact) mass is 363 g/mol. The Bertz CT molecular complexity index is 627. The number of benzene rings is 2. The maximum atomic E-state index is 4.76. The molecule has 0 unspecified atom stereocenters. The van der Waals surface area contributed by atoms with Crippen LogP contribution in [0.15, 0.2) is 65.7 Å². The van der Waals surface area contributed by atoms with Crippen molar-refractivity contribution in [2.45, 2.75) is 50.9 Å². The molecular formula is C24H33N3. The standard InChI is InChI=1S/C24H33N3/c1-2-4-12-19-26-24(25-18-11-3-1)27-20-17-23(21-13-7-5-8-14-21)22-15-9-6-10-16-22/h5-10,13-16,23H,1-4,11-12,17-20H2,(H2,25,26,27). The van der Waals surface area contributed by atoms with Gasteiger partial charge in [-0.2, -0.15) is 0 Å². The number of rotatable bonds is 5. The summed E-state index contributed by atoms with van der Waals surface area (Å²) in [7, 11) is 0. The number of hydrogen-bond acceptors (Lipinski definition) is 3. The van der Waals surface area contributed by atoms with E-state index in [9.17, 15) is 0 Å². The Morgan fingerprint density at radius 2 is 1.37 bits per heavy atom. The lowest BCUT2D eigenvalue weighted by atomic mass is 9.88. The fraction of sp³-hybridized carbons (Fsp3) is 0.458. The van der Waals surface area contributed by atoms with Crippen molar-refractivity contribution in [2.24, 2.45) is 4.99 Å². The van der Waals surface area contributed by atoms with Crippen molar-refractivity contribution in [1.29, 1.82) is 0 Å². The average molecular weight is 364 g/mol. The third kappa shape index (κ3) is 6.74. The number of guanidine groups is 1. The van der Waals surface area contributed by atoms with Gasteiger partial charge in [0.15, 0.2) is 5.96 Å². The predicted octanol–water partition coefficient (Wildman–Crippen LogP) is 5.10. The summed E-state index contributed by atoms with van der Waals surface area (Å²) in [6.45, 7) is 2.86. The van der Waals surface area contributed by atoms with E-state index in [2.05, 4.69) is 71.3 Å². The second-order valence-corrected chi connectivity index (χ2v) is 7.37. The highest BCUT2D eigenvalue weighted by atomic mass is 15.2. The Labute approximate surface area is 164 Å². The normalized spacial score (nSPS) is 16.1. The smallest absolute Gasteiger partial charge is 0.191 e. The van der Waals surface area contributed by atoms with Crippen LogP contribution in [0.3, 0.4) is 0 Å². The molecule has 0 saturated carbocycles. The molecule has 2 aromatic rings. The van der Waals surface area contributed by atoms with Gasteiger partial charge in [-0.05, 0) is 30.4 Å². The maximum absolute atomic E-state index is 4.76. The van der Waals surface area contributed by atoms with Crippen LogP contribution in [0.4, 0.5) is 0 Å². The van der Waals surface area contributed by atoms with Crippen LogP contribution in [0, 0.1) is 0 Å². The Morgan fingerprint density at radius 3 is 2.04 bits per heavy atom. The van der Waals surface area contributed by atoms with E-state index in [1.807, 2.05) is 0 Å². The average Bonchev–Trinajstić information content (AvgIpc) is 2.78. The molecule has 27 heavy (non-hydrogen) atoms. The summed E-state index contributed by atoms with van der Waals surface area (Å²) in [5.41, 5.74) is 2.76. The van der Waals surface area contributed by atoms with E-state index in [0.29, 0.717) is 5.92 Å². The van der Waals surface area contributed by atoms with Crippen LogP contribution in [-0.2, 0) is 0 Å². The van der Waals surface area contributed by atoms with Crippen molar-refractivity contribution in [3.8, 4) is 0 Å². The van der Waals surface area contributed by atoms with Crippen LogP contribution < -0.4 is 10.6 Å². The lowest BCUT2D eigenvalue weighted by molar-refractivity contribution is 0.599. The highest BCUT2D eigenvalue weighted by Gasteiger charge is 2.13. The van der Waals surface area contributed by atoms with Gasteiger partial charge in [-0.3, -0.25) is 4.99 Å². The van der Waals surface area contributed by atoms with Gasteiger partial charge in [-0.25, -0.2) is 0 Å². The van der Waals surface area contributed by atoms with E-state index in [1.54, 1.807) is 0 Å².